The minimum atomic E-state index is -4.52. The molecule has 0 spiro atoms. The zero-order valence-electron chi connectivity index (χ0n) is 17.1. The van der Waals surface area contributed by atoms with Crippen LogP contribution in [0.25, 0.3) is 0 Å². The van der Waals surface area contributed by atoms with Crippen molar-refractivity contribution in [3.05, 3.63) is 28.8 Å². The standard InChI is InChI=1S/C21H28ClF3N2O3/c1-3-14-8-10-27(11-9-14)19(13(2)21(23,24)25)20(30)26-17-12-15(4-6-16(17)22)5-7-18(28)29/h4,6,12-14,19H,3,5,7-11H2,1-2H3,(H,26,30)(H,28,29)/t13?,19-/m0/s1. The maximum Gasteiger partial charge on any atom is 0.393 e. The van der Waals surface area contributed by atoms with Crippen LogP contribution in [0.1, 0.15) is 45.1 Å². The Labute approximate surface area is 179 Å². The van der Waals surface area contributed by atoms with Gasteiger partial charge in [0.2, 0.25) is 5.91 Å². The van der Waals surface area contributed by atoms with E-state index >= 15 is 0 Å². The van der Waals surface area contributed by atoms with Gasteiger partial charge in [0.1, 0.15) is 6.04 Å². The fourth-order valence-corrected chi connectivity index (χ4v) is 3.97. The minimum absolute atomic E-state index is 0.102. The summed E-state index contributed by atoms with van der Waals surface area (Å²) < 4.78 is 40.6. The normalized spacial score (nSPS) is 18.1. The Morgan fingerprint density at radius 3 is 2.47 bits per heavy atom. The highest BCUT2D eigenvalue weighted by molar-refractivity contribution is 6.33. The molecule has 1 aromatic rings. The van der Waals surface area contributed by atoms with Crippen molar-refractivity contribution in [3.63, 3.8) is 0 Å². The number of hydrogen-bond acceptors (Lipinski definition) is 3. The van der Waals surface area contributed by atoms with Gasteiger partial charge in [-0.05, 0) is 56.0 Å². The second-order valence-corrected chi connectivity index (χ2v) is 8.27. The van der Waals surface area contributed by atoms with Gasteiger partial charge in [0.05, 0.1) is 16.6 Å². The first kappa shape index (κ1) is 24.5. The van der Waals surface area contributed by atoms with Crippen molar-refractivity contribution in [2.24, 2.45) is 11.8 Å². The number of nitrogens with zero attached hydrogens (tertiary/aromatic N) is 1. The molecule has 30 heavy (non-hydrogen) atoms. The quantitative estimate of drug-likeness (QED) is 0.588. The molecule has 0 radical (unpaired) electrons. The lowest BCUT2D eigenvalue weighted by Crippen LogP contribution is -2.54. The molecule has 2 atom stereocenters. The molecule has 2 N–H and O–H groups in total. The lowest BCUT2D eigenvalue weighted by atomic mass is 9.90. The Morgan fingerprint density at radius 2 is 1.93 bits per heavy atom. The van der Waals surface area contributed by atoms with Crippen molar-refractivity contribution < 1.29 is 27.9 Å². The van der Waals surface area contributed by atoms with E-state index in [1.54, 1.807) is 11.0 Å². The minimum Gasteiger partial charge on any atom is -0.481 e. The van der Waals surface area contributed by atoms with E-state index in [0.717, 1.165) is 26.2 Å². The Morgan fingerprint density at radius 1 is 1.30 bits per heavy atom. The number of carbonyl (C=O) groups excluding carboxylic acids is 1. The zero-order valence-corrected chi connectivity index (χ0v) is 17.9. The highest BCUT2D eigenvalue weighted by Crippen LogP contribution is 2.34. The number of carbonyl (C=O) groups is 2. The molecule has 1 aromatic carbocycles. The van der Waals surface area contributed by atoms with Crippen molar-refractivity contribution in [1.29, 1.82) is 0 Å². The van der Waals surface area contributed by atoms with Crippen LogP contribution in [0.15, 0.2) is 18.2 Å². The van der Waals surface area contributed by atoms with Crippen molar-refractivity contribution in [3.8, 4) is 0 Å². The fraction of sp³-hybridized carbons (Fsp3) is 0.619. The number of likely N-dealkylation sites (tertiary alicyclic amines) is 1. The molecule has 0 aromatic heterocycles. The number of aliphatic carboxylic acids is 1. The van der Waals surface area contributed by atoms with E-state index in [9.17, 15) is 22.8 Å². The average Bonchev–Trinajstić information content (AvgIpc) is 2.68. The molecule has 1 amide bonds. The van der Waals surface area contributed by atoms with Gasteiger partial charge >= 0.3 is 12.1 Å². The molecule has 1 aliphatic heterocycles. The lowest BCUT2D eigenvalue weighted by molar-refractivity contribution is -0.189. The molecule has 9 heteroatoms. The highest BCUT2D eigenvalue weighted by Gasteiger charge is 2.47. The van der Waals surface area contributed by atoms with Crippen molar-refractivity contribution in [1.82, 2.24) is 4.90 Å². The smallest absolute Gasteiger partial charge is 0.393 e. The Kier molecular flexibility index (Phi) is 8.55. The van der Waals surface area contributed by atoms with Crippen LogP contribution in [-0.4, -0.2) is 47.2 Å². The monoisotopic (exact) mass is 448 g/mol. The van der Waals surface area contributed by atoms with Gasteiger partial charge in [-0.3, -0.25) is 14.5 Å². The lowest BCUT2D eigenvalue weighted by Gasteiger charge is -2.39. The van der Waals surface area contributed by atoms with Crippen LogP contribution in [-0.2, 0) is 16.0 Å². The van der Waals surface area contributed by atoms with Gasteiger partial charge in [-0.1, -0.05) is 37.9 Å². The third-order valence-electron chi connectivity index (χ3n) is 5.79. The number of alkyl halides is 3. The molecule has 0 aliphatic carbocycles. The molecule has 1 saturated heterocycles. The van der Waals surface area contributed by atoms with E-state index in [0.29, 0.717) is 24.6 Å². The number of rotatable bonds is 8. The number of carboxylic acids is 1. The van der Waals surface area contributed by atoms with Crippen LogP contribution in [0.4, 0.5) is 18.9 Å². The summed E-state index contributed by atoms with van der Waals surface area (Å²) in [5, 5.41) is 11.6. The molecule has 0 saturated carbocycles. The summed E-state index contributed by atoms with van der Waals surface area (Å²) in [6.07, 6.45) is -1.90. The summed E-state index contributed by atoms with van der Waals surface area (Å²) in [6, 6.07) is 3.29. The molecule has 2 rings (SSSR count). The SMILES string of the molecule is CCC1CCN([C@H](C(=O)Nc2cc(CCC(=O)O)ccc2Cl)C(C)C(F)(F)F)CC1. The van der Waals surface area contributed by atoms with Crippen molar-refractivity contribution >= 4 is 29.2 Å². The van der Waals surface area contributed by atoms with Crippen LogP contribution < -0.4 is 5.32 Å². The van der Waals surface area contributed by atoms with Gasteiger partial charge in [0.25, 0.3) is 0 Å². The van der Waals surface area contributed by atoms with E-state index in [2.05, 4.69) is 12.2 Å². The van der Waals surface area contributed by atoms with E-state index in [-0.39, 0.29) is 23.6 Å². The molecular weight excluding hydrogens is 421 g/mol. The maximum absolute atomic E-state index is 13.5. The third kappa shape index (κ3) is 6.60. The number of aryl methyl sites for hydroxylation is 1. The third-order valence-corrected chi connectivity index (χ3v) is 6.12. The van der Waals surface area contributed by atoms with E-state index < -0.39 is 30.0 Å². The Bertz CT molecular complexity index is 750. The first-order chi connectivity index (χ1) is 14.0. The summed E-state index contributed by atoms with van der Waals surface area (Å²) in [6.45, 7) is 3.95. The highest BCUT2D eigenvalue weighted by atomic mass is 35.5. The topological polar surface area (TPSA) is 69.6 Å². The number of benzene rings is 1. The van der Waals surface area contributed by atoms with Gasteiger partial charge < -0.3 is 10.4 Å². The summed E-state index contributed by atoms with van der Waals surface area (Å²) in [7, 11) is 0. The largest absolute Gasteiger partial charge is 0.481 e. The van der Waals surface area contributed by atoms with Gasteiger partial charge in [-0.15, -0.1) is 0 Å². The molecule has 1 heterocycles. The predicted molar refractivity (Wildman–Crippen MR) is 110 cm³/mol. The Balaban J connectivity index is 2.22. The van der Waals surface area contributed by atoms with E-state index in [4.69, 9.17) is 16.7 Å². The van der Waals surface area contributed by atoms with Crippen LogP contribution in [0, 0.1) is 11.8 Å². The number of halogens is 4. The summed E-state index contributed by atoms with van der Waals surface area (Å²) >= 11 is 6.13. The summed E-state index contributed by atoms with van der Waals surface area (Å²) in [4.78, 5) is 25.4. The van der Waals surface area contributed by atoms with Gasteiger partial charge in [-0.25, -0.2) is 0 Å². The van der Waals surface area contributed by atoms with Crippen LogP contribution in [0.5, 0.6) is 0 Å². The van der Waals surface area contributed by atoms with E-state index in [1.807, 2.05) is 0 Å². The average molecular weight is 449 g/mol. The number of nitrogens with one attached hydrogen (secondary N) is 1. The second kappa shape index (κ2) is 10.5. The Hall–Kier alpha value is -1.80. The summed E-state index contributed by atoms with van der Waals surface area (Å²) in [5.74, 6) is -3.10. The molecule has 5 nitrogen and oxygen atoms in total. The number of amides is 1. The van der Waals surface area contributed by atoms with Gasteiger partial charge in [0.15, 0.2) is 0 Å². The summed E-state index contributed by atoms with van der Waals surface area (Å²) in [5.41, 5.74) is 0.814. The van der Waals surface area contributed by atoms with Gasteiger partial charge in [0, 0.05) is 6.42 Å². The molecule has 0 bridgehead atoms. The fourth-order valence-electron chi connectivity index (χ4n) is 3.81. The molecular formula is C21H28ClF3N2O3. The zero-order chi connectivity index (χ0) is 22.5. The first-order valence-electron chi connectivity index (χ1n) is 10.1. The maximum atomic E-state index is 13.5. The first-order valence-corrected chi connectivity index (χ1v) is 10.5. The van der Waals surface area contributed by atoms with Crippen molar-refractivity contribution in [2.75, 3.05) is 18.4 Å². The van der Waals surface area contributed by atoms with E-state index in [1.165, 1.54) is 12.1 Å². The van der Waals surface area contributed by atoms with Crippen LogP contribution in [0.2, 0.25) is 5.02 Å². The van der Waals surface area contributed by atoms with Crippen molar-refractivity contribution in [2.45, 2.75) is 58.2 Å². The number of carboxylic acid groups (broad SMARTS) is 1. The predicted octanol–water partition coefficient (Wildman–Crippen LogP) is 4.98. The molecule has 1 unspecified atom stereocenters. The van der Waals surface area contributed by atoms with Crippen LogP contribution in [0.3, 0.4) is 0 Å². The number of anilines is 1. The second-order valence-electron chi connectivity index (χ2n) is 7.86. The molecule has 168 valence electrons. The number of piperidine rings is 1. The van der Waals surface area contributed by atoms with Gasteiger partial charge in [-0.2, -0.15) is 13.2 Å². The van der Waals surface area contributed by atoms with Crippen LogP contribution >= 0.6 is 11.6 Å². The molecule has 1 fully saturated rings. The molecule has 1 aliphatic rings. The number of hydrogen-bond donors (Lipinski definition) is 2.